The molecule has 2 rings (SSSR count). The first-order valence-corrected chi connectivity index (χ1v) is 17.3. The van der Waals surface area contributed by atoms with Gasteiger partial charge in [-0.3, -0.25) is 0 Å². The summed E-state index contributed by atoms with van der Waals surface area (Å²) in [5.74, 6) is 8.03. The molecule has 1 heterocycles. The van der Waals surface area contributed by atoms with E-state index in [4.69, 9.17) is 14.2 Å². The summed E-state index contributed by atoms with van der Waals surface area (Å²) < 4.78 is 18.0. The van der Waals surface area contributed by atoms with Crippen LogP contribution in [-0.2, 0) is 15.9 Å². The molecule has 1 saturated heterocycles. The molecule has 1 unspecified atom stereocenters. The van der Waals surface area contributed by atoms with Crippen LogP contribution in [0.25, 0.3) is 0 Å². The van der Waals surface area contributed by atoms with Crippen molar-refractivity contribution >= 4 is 8.32 Å². The molecular weight excluding hydrogens is 476 g/mol. The first kappa shape index (κ1) is 31.6. The highest BCUT2D eigenvalue weighted by atomic mass is 28.4. The zero-order valence-corrected chi connectivity index (χ0v) is 25.4. The molecule has 37 heavy (non-hydrogen) atoms. The highest BCUT2D eigenvalue weighted by Gasteiger charge is 2.40. The Morgan fingerprint density at radius 2 is 2.03 bits per heavy atom. The second-order valence-electron chi connectivity index (χ2n) is 11.6. The summed E-state index contributed by atoms with van der Waals surface area (Å²) in [5.41, 5.74) is 2.33. The number of benzene rings is 1. The molecule has 0 amide bonds. The lowest BCUT2D eigenvalue weighted by Gasteiger charge is -2.37. The summed E-state index contributed by atoms with van der Waals surface area (Å²) in [5, 5.41) is -0.189. The molecule has 0 aromatic heterocycles. The Balaban J connectivity index is 2.24. The molecule has 3 atom stereocenters. The van der Waals surface area contributed by atoms with Crippen molar-refractivity contribution in [3.05, 3.63) is 42.0 Å². The number of methoxy groups -OCH3 is 1. The zero-order valence-electron chi connectivity index (χ0n) is 24.4. The Kier molecular flexibility index (Phi) is 13.5. The summed E-state index contributed by atoms with van der Waals surface area (Å²) in [7, 11) is -0.684. The molecular formula is C32H52O4Si. The fourth-order valence-electron chi connectivity index (χ4n) is 4.83. The smallest absolute Gasteiger partial charge is 0.188 e. The van der Waals surface area contributed by atoms with Crippen LogP contribution < -0.4 is 4.74 Å². The predicted molar refractivity (Wildman–Crippen MR) is 158 cm³/mol. The van der Waals surface area contributed by atoms with Crippen LogP contribution in [0.1, 0.15) is 102 Å². The number of hydrogen-bond donors (Lipinski definition) is 1. The van der Waals surface area contributed by atoms with Crippen molar-refractivity contribution in [2.45, 2.75) is 128 Å². The highest BCUT2D eigenvalue weighted by molar-refractivity contribution is 6.72. The van der Waals surface area contributed by atoms with Gasteiger partial charge >= 0.3 is 0 Å². The standard InChI is InChI=1S/C32H52O4Si/c1-8-10-11-19-27(36-31-23-14-15-24-35-31)20-13-12-18-26(25-32(3,4)37(6,7)33)28-21-16-22-30(34-5)29(28)17-9-2/h9,16,21-22,26-27,31,33H,2,8,10-11,13-15,17,19-20,23-25H2,1,3-7H3/t26-,27+,31?/m1/s1. The van der Waals surface area contributed by atoms with Gasteiger partial charge in [-0.1, -0.05) is 64.2 Å². The molecule has 0 radical (unpaired) electrons. The molecule has 1 aromatic rings. The van der Waals surface area contributed by atoms with E-state index in [9.17, 15) is 4.80 Å². The van der Waals surface area contributed by atoms with Crippen molar-refractivity contribution in [3.8, 4) is 17.6 Å². The van der Waals surface area contributed by atoms with Gasteiger partial charge in [0.2, 0.25) is 0 Å². The molecule has 1 aliphatic rings. The Morgan fingerprint density at radius 1 is 1.24 bits per heavy atom. The number of unbranched alkanes of at least 4 members (excludes halogenated alkanes) is 2. The molecule has 208 valence electrons. The van der Waals surface area contributed by atoms with E-state index >= 15 is 0 Å². The van der Waals surface area contributed by atoms with Gasteiger partial charge in [-0.2, -0.15) is 0 Å². The molecule has 4 nitrogen and oxygen atoms in total. The zero-order chi connectivity index (χ0) is 27.3. The predicted octanol–water partition coefficient (Wildman–Crippen LogP) is 8.15. The number of allylic oxidation sites excluding steroid dienone is 1. The third-order valence-electron chi connectivity index (χ3n) is 7.96. The minimum absolute atomic E-state index is 0.0140. The van der Waals surface area contributed by atoms with Crippen LogP contribution >= 0.6 is 0 Å². The number of ether oxygens (including phenoxy) is 3. The monoisotopic (exact) mass is 528 g/mol. The van der Waals surface area contributed by atoms with E-state index in [0.29, 0.717) is 0 Å². The van der Waals surface area contributed by atoms with E-state index in [1.165, 1.54) is 31.2 Å². The van der Waals surface area contributed by atoms with Crippen molar-refractivity contribution in [3.63, 3.8) is 0 Å². The molecule has 0 spiro atoms. The summed E-state index contributed by atoms with van der Waals surface area (Å²) >= 11 is 0. The highest BCUT2D eigenvalue weighted by Crippen LogP contribution is 2.45. The van der Waals surface area contributed by atoms with E-state index in [0.717, 1.165) is 62.9 Å². The van der Waals surface area contributed by atoms with Gasteiger partial charge in [-0.25, -0.2) is 0 Å². The van der Waals surface area contributed by atoms with Crippen molar-refractivity contribution in [2.24, 2.45) is 0 Å². The summed E-state index contributed by atoms with van der Waals surface area (Å²) in [6.45, 7) is 15.4. The molecule has 1 aromatic carbocycles. The second kappa shape index (κ2) is 15.7. The second-order valence-corrected chi connectivity index (χ2v) is 16.1. The number of rotatable bonds is 15. The molecule has 0 aliphatic carbocycles. The van der Waals surface area contributed by atoms with E-state index in [-0.39, 0.29) is 23.4 Å². The molecule has 0 saturated carbocycles. The Labute approximate surface area is 228 Å². The van der Waals surface area contributed by atoms with Crippen molar-refractivity contribution in [2.75, 3.05) is 13.7 Å². The maximum Gasteiger partial charge on any atom is 0.188 e. The number of hydrogen-bond acceptors (Lipinski definition) is 4. The van der Waals surface area contributed by atoms with Crippen molar-refractivity contribution < 1.29 is 19.0 Å². The van der Waals surface area contributed by atoms with Crippen LogP contribution in [0.5, 0.6) is 5.75 Å². The van der Waals surface area contributed by atoms with Crippen molar-refractivity contribution in [1.82, 2.24) is 0 Å². The van der Waals surface area contributed by atoms with E-state index < -0.39 is 8.32 Å². The summed E-state index contributed by atoms with van der Waals surface area (Å²) in [6.07, 6.45) is 13.3. The normalized spacial score (nSPS) is 18.0. The maximum atomic E-state index is 11.0. The fourth-order valence-corrected chi connectivity index (χ4v) is 5.53. The summed E-state index contributed by atoms with van der Waals surface area (Å²) in [4.78, 5) is 11.0. The Morgan fingerprint density at radius 3 is 2.65 bits per heavy atom. The van der Waals surface area contributed by atoms with Crippen LogP contribution in [0.4, 0.5) is 0 Å². The van der Waals surface area contributed by atoms with E-state index in [2.05, 4.69) is 45.3 Å². The van der Waals surface area contributed by atoms with Crippen LogP contribution in [0.3, 0.4) is 0 Å². The van der Waals surface area contributed by atoms with Crippen LogP contribution in [0, 0.1) is 11.8 Å². The fraction of sp³-hybridized carbons (Fsp3) is 0.688. The average molecular weight is 529 g/mol. The van der Waals surface area contributed by atoms with E-state index in [1.807, 2.05) is 31.3 Å². The molecule has 1 aliphatic heterocycles. The minimum Gasteiger partial charge on any atom is -0.496 e. The molecule has 1 N–H and O–H groups in total. The van der Waals surface area contributed by atoms with Gasteiger partial charge in [0.15, 0.2) is 14.6 Å². The lowest BCUT2D eigenvalue weighted by atomic mass is 9.86. The van der Waals surface area contributed by atoms with Gasteiger partial charge in [0.25, 0.3) is 0 Å². The van der Waals surface area contributed by atoms with Crippen molar-refractivity contribution in [1.29, 1.82) is 0 Å². The van der Waals surface area contributed by atoms with Gasteiger partial charge in [0.1, 0.15) is 5.75 Å². The van der Waals surface area contributed by atoms with Crippen LogP contribution in [-0.4, -0.2) is 39.2 Å². The Hall–Kier alpha value is -1.58. The lowest BCUT2D eigenvalue weighted by molar-refractivity contribution is -0.190. The SMILES string of the molecule is C=CCc1c(OC)cccc1[C@H](C#CCC[C@H](CCCCC)OC1CCCCO1)CC(C)(C)[Si](C)(C)O. The third-order valence-corrected chi connectivity index (χ3v) is 11.5. The van der Waals surface area contributed by atoms with Gasteiger partial charge in [0.05, 0.1) is 13.2 Å². The Bertz CT molecular complexity index is 871. The quantitative estimate of drug-likeness (QED) is 0.108. The first-order chi connectivity index (χ1) is 17.6. The molecule has 1 fully saturated rings. The van der Waals surface area contributed by atoms with E-state index in [1.54, 1.807) is 7.11 Å². The molecule has 5 heteroatoms. The van der Waals surface area contributed by atoms with Gasteiger partial charge in [-0.15, -0.1) is 12.5 Å². The van der Waals surface area contributed by atoms with Crippen LogP contribution in [0.15, 0.2) is 30.9 Å². The minimum atomic E-state index is -2.40. The topological polar surface area (TPSA) is 47.9 Å². The average Bonchev–Trinajstić information content (AvgIpc) is 2.86. The van der Waals surface area contributed by atoms with Gasteiger partial charge in [0, 0.05) is 24.5 Å². The third kappa shape index (κ3) is 10.2. The van der Waals surface area contributed by atoms with Gasteiger partial charge in [-0.05, 0) is 74.7 Å². The lowest BCUT2D eigenvalue weighted by Crippen LogP contribution is -2.39. The molecule has 0 bridgehead atoms. The summed E-state index contributed by atoms with van der Waals surface area (Å²) in [6, 6.07) is 6.22. The largest absolute Gasteiger partial charge is 0.496 e. The first-order valence-electron chi connectivity index (χ1n) is 14.4. The van der Waals surface area contributed by atoms with Crippen LogP contribution in [0.2, 0.25) is 18.1 Å². The maximum absolute atomic E-state index is 11.0. The van der Waals surface area contributed by atoms with Gasteiger partial charge < -0.3 is 19.0 Å².